The summed E-state index contributed by atoms with van der Waals surface area (Å²) < 4.78 is 9.80. The highest BCUT2D eigenvalue weighted by Gasteiger charge is 2.22. The molecule has 0 amide bonds. The third-order valence-corrected chi connectivity index (χ3v) is 5.30. The van der Waals surface area contributed by atoms with Crippen LogP contribution in [0.1, 0.15) is 78.1 Å². The minimum absolute atomic E-state index is 0.0528. The monoisotopic (exact) mass is 370 g/mol. The maximum Gasteiger partial charge on any atom is 0.306 e. The summed E-state index contributed by atoms with van der Waals surface area (Å²) >= 11 is 0. The van der Waals surface area contributed by atoms with Crippen LogP contribution in [0.15, 0.2) is 0 Å². The minimum Gasteiger partial charge on any atom is -0.466 e. The van der Waals surface area contributed by atoms with Gasteiger partial charge in [0.05, 0.1) is 13.2 Å². The van der Waals surface area contributed by atoms with Crippen LogP contribution in [0.4, 0.5) is 0 Å². The smallest absolute Gasteiger partial charge is 0.306 e. The lowest BCUT2D eigenvalue weighted by Gasteiger charge is -2.25. The zero-order valence-electron chi connectivity index (χ0n) is 16.6. The van der Waals surface area contributed by atoms with Crippen molar-refractivity contribution in [3.63, 3.8) is 0 Å². The first-order valence-electron chi connectivity index (χ1n) is 10.3. The van der Waals surface area contributed by atoms with E-state index in [-0.39, 0.29) is 11.9 Å². The third kappa shape index (κ3) is 10.1. The highest BCUT2D eigenvalue weighted by Crippen LogP contribution is 2.26. The van der Waals surface area contributed by atoms with Crippen LogP contribution in [0.25, 0.3) is 0 Å². The van der Waals surface area contributed by atoms with E-state index >= 15 is 0 Å². The average molecular weight is 371 g/mol. The Bertz CT molecular complexity index is 363. The SMILES string of the molecule is CCOC(=O)CC1CCC(N)CC1.CCOC(=O)CC1CCC(N)CC1. The Kier molecular flexibility index (Phi) is 11.5. The molecular weight excluding hydrogens is 332 g/mol. The summed E-state index contributed by atoms with van der Waals surface area (Å²) in [5.41, 5.74) is 11.5. The van der Waals surface area contributed by atoms with Gasteiger partial charge in [-0.1, -0.05) is 0 Å². The van der Waals surface area contributed by atoms with Crippen LogP contribution < -0.4 is 11.5 Å². The molecule has 0 bridgehead atoms. The summed E-state index contributed by atoms with van der Waals surface area (Å²) in [6, 6.07) is 0.719. The summed E-state index contributed by atoms with van der Waals surface area (Å²) in [4.78, 5) is 22.3. The first-order valence-corrected chi connectivity index (χ1v) is 10.3. The second kappa shape index (κ2) is 13.1. The minimum atomic E-state index is -0.0528. The quantitative estimate of drug-likeness (QED) is 0.697. The van der Waals surface area contributed by atoms with E-state index in [0.717, 1.165) is 51.4 Å². The van der Waals surface area contributed by atoms with Crippen molar-refractivity contribution < 1.29 is 19.1 Å². The Labute approximate surface area is 158 Å². The van der Waals surface area contributed by atoms with Crippen LogP contribution in [-0.2, 0) is 19.1 Å². The van der Waals surface area contributed by atoms with Crippen molar-refractivity contribution in [2.24, 2.45) is 23.3 Å². The highest BCUT2D eigenvalue weighted by molar-refractivity contribution is 5.69. The zero-order chi connectivity index (χ0) is 19.4. The van der Waals surface area contributed by atoms with Crippen molar-refractivity contribution in [1.29, 1.82) is 0 Å². The molecule has 0 saturated heterocycles. The second-order valence-corrected chi connectivity index (χ2v) is 7.58. The van der Waals surface area contributed by atoms with Crippen molar-refractivity contribution in [3.05, 3.63) is 0 Å². The van der Waals surface area contributed by atoms with Crippen molar-refractivity contribution in [1.82, 2.24) is 0 Å². The van der Waals surface area contributed by atoms with E-state index in [4.69, 9.17) is 20.9 Å². The van der Waals surface area contributed by atoms with E-state index in [1.165, 1.54) is 0 Å². The van der Waals surface area contributed by atoms with E-state index in [1.54, 1.807) is 0 Å². The number of hydrogen-bond donors (Lipinski definition) is 2. The van der Waals surface area contributed by atoms with Gasteiger partial charge in [-0.15, -0.1) is 0 Å². The van der Waals surface area contributed by atoms with Crippen molar-refractivity contribution in [2.45, 2.75) is 90.1 Å². The Hall–Kier alpha value is -1.14. The molecule has 152 valence electrons. The molecule has 2 rings (SSSR count). The van der Waals surface area contributed by atoms with Crippen LogP contribution in [0.5, 0.6) is 0 Å². The Morgan fingerprint density at radius 3 is 1.27 bits per heavy atom. The Morgan fingerprint density at radius 1 is 0.692 bits per heavy atom. The lowest BCUT2D eigenvalue weighted by Crippen LogP contribution is -2.27. The van der Waals surface area contributed by atoms with Gasteiger partial charge in [0.25, 0.3) is 0 Å². The van der Waals surface area contributed by atoms with Gasteiger partial charge < -0.3 is 20.9 Å². The van der Waals surface area contributed by atoms with E-state index in [2.05, 4.69) is 0 Å². The van der Waals surface area contributed by atoms with Gasteiger partial charge in [-0.05, 0) is 77.0 Å². The van der Waals surface area contributed by atoms with Gasteiger partial charge in [0.1, 0.15) is 0 Å². The molecule has 0 aromatic rings. The van der Waals surface area contributed by atoms with Gasteiger partial charge in [-0.2, -0.15) is 0 Å². The van der Waals surface area contributed by atoms with Gasteiger partial charge in [0, 0.05) is 24.9 Å². The maximum absolute atomic E-state index is 11.1. The fourth-order valence-electron chi connectivity index (χ4n) is 3.70. The van der Waals surface area contributed by atoms with Gasteiger partial charge in [0.2, 0.25) is 0 Å². The molecule has 6 nitrogen and oxygen atoms in total. The molecule has 0 heterocycles. The average Bonchev–Trinajstić information content (AvgIpc) is 2.60. The topological polar surface area (TPSA) is 105 Å². The van der Waals surface area contributed by atoms with Crippen molar-refractivity contribution in [2.75, 3.05) is 13.2 Å². The van der Waals surface area contributed by atoms with Crippen molar-refractivity contribution >= 4 is 11.9 Å². The molecule has 26 heavy (non-hydrogen) atoms. The zero-order valence-corrected chi connectivity index (χ0v) is 16.6. The molecule has 2 saturated carbocycles. The number of nitrogens with two attached hydrogens (primary N) is 2. The molecule has 0 aromatic heterocycles. The molecule has 2 aliphatic rings. The fraction of sp³-hybridized carbons (Fsp3) is 0.900. The molecular formula is C20H38N2O4. The molecule has 0 aromatic carbocycles. The Balaban J connectivity index is 0.000000260. The van der Waals surface area contributed by atoms with Gasteiger partial charge in [-0.25, -0.2) is 0 Å². The maximum atomic E-state index is 11.1. The summed E-state index contributed by atoms with van der Waals surface area (Å²) in [6.45, 7) is 4.67. The lowest BCUT2D eigenvalue weighted by atomic mass is 9.84. The number of ether oxygens (including phenoxy) is 2. The summed E-state index contributed by atoms with van der Waals surface area (Å²) in [7, 11) is 0. The van der Waals surface area contributed by atoms with Crippen LogP contribution in [0, 0.1) is 11.8 Å². The molecule has 4 N–H and O–H groups in total. The van der Waals surface area contributed by atoms with Crippen LogP contribution in [0.2, 0.25) is 0 Å². The Morgan fingerprint density at radius 2 is 1.00 bits per heavy atom. The lowest BCUT2D eigenvalue weighted by molar-refractivity contribution is -0.145. The molecule has 0 atom stereocenters. The third-order valence-electron chi connectivity index (χ3n) is 5.30. The standard InChI is InChI=1S/2C10H19NO2/c2*1-2-13-10(12)7-8-3-5-9(11)6-4-8/h2*8-9H,2-7,11H2,1H3. The highest BCUT2D eigenvalue weighted by atomic mass is 16.5. The van der Waals surface area contributed by atoms with E-state index in [0.29, 0.717) is 50.0 Å². The molecule has 0 unspecified atom stereocenters. The van der Waals surface area contributed by atoms with Gasteiger partial charge >= 0.3 is 11.9 Å². The largest absolute Gasteiger partial charge is 0.466 e. The number of carbonyl (C=O) groups excluding carboxylic acids is 2. The molecule has 0 radical (unpaired) electrons. The van der Waals surface area contributed by atoms with Gasteiger partial charge in [0.15, 0.2) is 0 Å². The first kappa shape index (κ1) is 22.9. The number of rotatable bonds is 6. The van der Waals surface area contributed by atoms with Crippen molar-refractivity contribution in [3.8, 4) is 0 Å². The first-order chi connectivity index (χ1) is 12.4. The molecule has 0 spiro atoms. The van der Waals surface area contributed by atoms with E-state index in [1.807, 2.05) is 13.8 Å². The molecule has 2 aliphatic carbocycles. The summed E-state index contributed by atoms with van der Waals surface area (Å²) in [5, 5.41) is 0. The van der Waals surface area contributed by atoms with E-state index in [9.17, 15) is 9.59 Å². The number of carbonyl (C=O) groups is 2. The summed E-state index contributed by atoms with van der Waals surface area (Å²) in [6.07, 6.45) is 9.74. The number of esters is 2. The van der Waals surface area contributed by atoms with Gasteiger partial charge in [-0.3, -0.25) is 9.59 Å². The number of hydrogen-bond acceptors (Lipinski definition) is 6. The van der Waals surface area contributed by atoms with Crippen LogP contribution in [0.3, 0.4) is 0 Å². The molecule has 0 aliphatic heterocycles. The summed E-state index contributed by atoms with van der Waals surface area (Å²) in [5.74, 6) is 0.920. The van der Waals surface area contributed by atoms with Crippen LogP contribution in [-0.4, -0.2) is 37.2 Å². The predicted octanol–water partition coefficient (Wildman–Crippen LogP) is 2.91. The second-order valence-electron chi connectivity index (χ2n) is 7.58. The van der Waals surface area contributed by atoms with Crippen LogP contribution >= 0.6 is 0 Å². The predicted molar refractivity (Wildman–Crippen MR) is 102 cm³/mol. The normalized spacial score (nSPS) is 28.5. The molecule has 6 heteroatoms. The fourth-order valence-corrected chi connectivity index (χ4v) is 3.70. The molecule has 2 fully saturated rings. The van der Waals surface area contributed by atoms with E-state index < -0.39 is 0 Å².